The fourth-order valence-electron chi connectivity index (χ4n) is 3.56. The minimum Gasteiger partial charge on any atom is -0.294 e. The van der Waals surface area contributed by atoms with Gasteiger partial charge in [-0.2, -0.15) is 5.10 Å². The molecular weight excluding hydrogens is 322 g/mol. The summed E-state index contributed by atoms with van der Waals surface area (Å²) in [4.78, 5) is 11.2. The number of aromatic nitrogens is 4. The molecule has 24 heavy (non-hydrogen) atoms. The van der Waals surface area contributed by atoms with E-state index in [2.05, 4.69) is 26.0 Å². The summed E-state index contributed by atoms with van der Waals surface area (Å²) < 4.78 is 1.93. The number of likely N-dealkylation sites (tertiary alicyclic amines) is 1. The smallest absolute Gasteiger partial charge is 0.137 e. The van der Waals surface area contributed by atoms with Crippen LogP contribution in [-0.2, 0) is 13.1 Å². The molecule has 0 N–H and O–H groups in total. The molecule has 1 saturated heterocycles. The van der Waals surface area contributed by atoms with E-state index in [0.717, 1.165) is 35.6 Å². The Hall–Kier alpha value is -1.98. The second-order valence-electron chi connectivity index (χ2n) is 6.34. The normalized spacial score (nSPS) is 19.0. The largest absolute Gasteiger partial charge is 0.294 e. The van der Waals surface area contributed by atoms with Crippen molar-refractivity contribution in [2.45, 2.75) is 38.4 Å². The summed E-state index contributed by atoms with van der Waals surface area (Å²) in [6.45, 7) is 2.89. The van der Waals surface area contributed by atoms with Crippen molar-refractivity contribution >= 4 is 22.5 Å². The van der Waals surface area contributed by atoms with Crippen LogP contribution in [0.15, 0.2) is 43.1 Å². The Morgan fingerprint density at radius 2 is 2.17 bits per heavy atom. The molecule has 0 saturated carbocycles. The molecule has 3 aromatic rings. The Balaban J connectivity index is 1.60. The van der Waals surface area contributed by atoms with Crippen molar-refractivity contribution in [2.24, 2.45) is 0 Å². The van der Waals surface area contributed by atoms with Gasteiger partial charge < -0.3 is 0 Å². The van der Waals surface area contributed by atoms with Crippen molar-refractivity contribution in [3.05, 3.63) is 53.7 Å². The topological polar surface area (TPSA) is 46.8 Å². The van der Waals surface area contributed by atoms with Crippen LogP contribution in [0, 0.1) is 0 Å². The van der Waals surface area contributed by atoms with Gasteiger partial charge in [-0.05, 0) is 43.1 Å². The van der Waals surface area contributed by atoms with Gasteiger partial charge in [0.25, 0.3) is 0 Å². The molecular formula is C18H20ClN5. The summed E-state index contributed by atoms with van der Waals surface area (Å²) in [5.74, 6) is 0. The van der Waals surface area contributed by atoms with E-state index in [1.807, 2.05) is 29.1 Å². The van der Waals surface area contributed by atoms with E-state index in [1.54, 1.807) is 12.7 Å². The molecule has 1 aliphatic rings. The third-order valence-electron chi connectivity index (χ3n) is 4.79. The maximum Gasteiger partial charge on any atom is 0.137 e. The van der Waals surface area contributed by atoms with Crippen LogP contribution in [-0.4, -0.2) is 37.2 Å². The molecule has 0 amide bonds. The van der Waals surface area contributed by atoms with Crippen LogP contribution in [0.2, 0.25) is 5.02 Å². The van der Waals surface area contributed by atoms with Crippen LogP contribution in [0.1, 0.15) is 24.8 Å². The maximum atomic E-state index is 6.32. The second kappa shape index (κ2) is 6.87. The molecule has 1 aliphatic heterocycles. The lowest BCUT2D eigenvalue weighted by Crippen LogP contribution is -2.41. The molecule has 1 aromatic carbocycles. The van der Waals surface area contributed by atoms with Crippen molar-refractivity contribution in [1.82, 2.24) is 24.6 Å². The van der Waals surface area contributed by atoms with Gasteiger partial charge in [0.2, 0.25) is 0 Å². The van der Waals surface area contributed by atoms with Gasteiger partial charge >= 0.3 is 0 Å². The molecule has 1 atom stereocenters. The van der Waals surface area contributed by atoms with Crippen LogP contribution in [0.4, 0.5) is 0 Å². The van der Waals surface area contributed by atoms with Gasteiger partial charge in [0.1, 0.15) is 12.7 Å². The lowest BCUT2D eigenvalue weighted by atomic mass is 10.0. The predicted molar refractivity (Wildman–Crippen MR) is 94.8 cm³/mol. The molecule has 0 spiro atoms. The van der Waals surface area contributed by atoms with E-state index in [9.17, 15) is 0 Å². The number of piperidine rings is 1. The molecule has 2 aromatic heterocycles. The first-order valence-electron chi connectivity index (χ1n) is 8.40. The Kier molecular flexibility index (Phi) is 4.45. The number of pyridine rings is 1. The van der Waals surface area contributed by atoms with Crippen LogP contribution in [0.3, 0.4) is 0 Å². The third-order valence-corrected chi connectivity index (χ3v) is 5.12. The summed E-state index contributed by atoms with van der Waals surface area (Å²) in [7, 11) is 0. The van der Waals surface area contributed by atoms with Crippen LogP contribution in [0.5, 0.6) is 0 Å². The van der Waals surface area contributed by atoms with Gasteiger partial charge in [0, 0.05) is 29.2 Å². The molecule has 124 valence electrons. The standard InChI is InChI=1S/C18H20ClN5/c19-17-7-6-14(18-16(17)5-3-8-21-18)10-23-9-2-1-4-15(23)11-24-13-20-12-22-24/h3,5-8,12-13,15H,1-2,4,9-11H2. The fourth-order valence-corrected chi connectivity index (χ4v) is 3.78. The molecule has 0 radical (unpaired) electrons. The number of nitrogens with zero attached hydrogens (tertiary/aromatic N) is 5. The molecule has 6 heteroatoms. The highest BCUT2D eigenvalue weighted by molar-refractivity contribution is 6.35. The maximum absolute atomic E-state index is 6.32. The molecule has 4 rings (SSSR count). The highest BCUT2D eigenvalue weighted by Crippen LogP contribution is 2.28. The molecule has 5 nitrogen and oxygen atoms in total. The zero-order chi connectivity index (χ0) is 16.4. The average Bonchev–Trinajstić information content (AvgIpc) is 3.12. The Morgan fingerprint density at radius 3 is 3.04 bits per heavy atom. The first kappa shape index (κ1) is 15.5. The number of hydrogen-bond acceptors (Lipinski definition) is 4. The lowest BCUT2D eigenvalue weighted by Gasteiger charge is -2.35. The average molecular weight is 342 g/mol. The van der Waals surface area contributed by atoms with Gasteiger partial charge in [-0.15, -0.1) is 0 Å². The minimum absolute atomic E-state index is 0.481. The van der Waals surface area contributed by atoms with Gasteiger partial charge in [-0.1, -0.05) is 24.1 Å². The Morgan fingerprint density at radius 1 is 1.21 bits per heavy atom. The molecule has 1 fully saturated rings. The van der Waals surface area contributed by atoms with Crippen molar-refractivity contribution < 1.29 is 0 Å². The molecule has 3 heterocycles. The van der Waals surface area contributed by atoms with Crippen LogP contribution < -0.4 is 0 Å². The summed E-state index contributed by atoms with van der Waals surface area (Å²) >= 11 is 6.32. The number of hydrogen-bond donors (Lipinski definition) is 0. The summed E-state index contributed by atoms with van der Waals surface area (Å²) in [5.41, 5.74) is 2.25. The van der Waals surface area contributed by atoms with Crippen LogP contribution in [0.25, 0.3) is 10.9 Å². The van der Waals surface area contributed by atoms with Crippen molar-refractivity contribution in [1.29, 1.82) is 0 Å². The van der Waals surface area contributed by atoms with E-state index >= 15 is 0 Å². The SMILES string of the molecule is Clc1ccc(CN2CCCCC2Cn2cncn2)c2ncccc12. The number of rotatable bonds is 4. The quantitative estimate of drug-likeness (QED) is 0.728. The highest BCUT2D eigenvalue weighted by atomic mass is 35.5. The lowest BCUT2D eigenvalue weighted by molar-refractivity contribution is 0.122. The van der Waals surface area contributed by atoms with Crippen molar-refractivity contribution in [3.63, 3.8) is 0 Å². The predicted octanol–water partition coefficient (Wildman–Crippen LogP) is 3.53. The second-order valence-corrected chi connectivity index (χ2v) is 6.75. The first-order valence-corrected chi connectivity index (χ1v) is 8.77. The fraction of sp³-hybridized carbons (Fsp3) is 0.389. The Bertz CT molecular complexity index is 817. The Labute approximate surface area is 146 Å². The number of fused-ring (bicyclic) bond motifs is 1. The zero-order valence-corrected chi connectivity index (χ0v) is 14.2. The van der Waals surface area contributed by atoms with Gasteiger partial charge in [-0.25, -0.2) is 4.98 Å². The van der Waals surface area contributed by atoms with E-state index in [4.69, 9.17) is 11.6 Å². The first-order chi connectivity index (χ1) is 11.8. The van der Waals surface area contributed by atoms with E-state index in [-0.39, 0.29) is 0 Å². The number of halogens is 1. The molecule has 1 unspecified atom stereocenters. The minimum atomic E-state index is 0.481. The van der Waals surface area contributed by atoms with E-state index < -0.39 is 0 Å². The van der Waals surface area contributed by atoms with Gasteiger partial charge in [-0.3, -0.25) is 14.6 Å². The van der Waals surface area contributed by atoms with Crippen molar-refractivity contribution in [3.8, 4) is 0 Å². The van der Waals surface area contributed by atoms with Gasteiger partial charge in [0.05, 0.1) is 12.1 Å². The zero-order valence-electron chi connectivity index (χ0n) is 13.5. The van der Waals surface area contributed by atoms with Crippen molar-refractivity contribution in [2.75, 3.05) is 6.54 Å². The van der Waals surface area contributed by atoms with E-state index in [1.165, 1.54) is 24.8 Å². The summed E-state index contributed by atoms with van der Waals surface area (Å²) in [6.07, 6.45) is 8.95. The number of benzene rings is 1. The molecule has 0 bridgehead atoms. The summed E-state index contributed by atoms with van der Waals surface area (Å²) in [5, 5.41) is 6.06. The van der Waals surface area contributed by atoms with E-state index in [0.29, 0.717) is 6.04 Å². The monoisotopic (exact) mass is 341 g/mol. The summed E-state index contributed by atoms with van der Waals surface area (Å²) in [6, 6.07) is 8.55. The van der Waals surface area contributed by atoms with Crippen LogP contribution >= 0.6 is 11.6 Å². The van der Waals surface area contributed by atoms with Gasteiger partial charge in [0.15, 0.2) is 0 Å². The third kappa shape index (κ3) is 3.14. The highest BCUT2D eigenvalue weighted by Gasteiger charge is 2.24. The molecule has 0 aliphatic carbocycles.